The summed E-state index contributed by atoms with van der Waals surface area (Å²) in [5.74, 6) is 1.13. The van der Waals surface area contributed by atoms with Crippen LogP contribution in [-0.4, -0.2) is 12.2 Å². The Hall–Kier alpha value is -1.96. The number of phenols is 1. The molecule has 0 amide bonds. The molecule has 0 atom stereocenters. The fraction of sp³-hybridized carbons (Fsp3) is 0.294. The standard InChI is InChI=1S/C17H20O2/c1-4-12-6-9-17(18)16(10-12)15-11-14(19-3)8-7-13(15)5-2/h6-11,18H,4-5H2,1-3H3. The molecular formula is C17H20O2. The number of phenolic OH excluding ortho intramolecular Hbond substituents is 1. The minimum atomic E-state index is 0.320. The molecule has 100 valence electrons. The van der Waals surface area contributed by atoms with Crippen molar-refractivity contribution in [3.8, 4) is 22.6 Å². The summed E-state index contributed by atoms with van der Waals surface area (Å²) in [7, 11) is 1.66. The van der Waals surface area contributed by atoms with Crippen LogP contribution in [0.4, 0.5) is 0 Å². The molecule has 0 bridgehead atoms. The van der Waals surface area contributed by atoms with Crippen molar-refractivity contribution < 1.29 is 9.84 Å². The number of hydrogen-bond donors (Lipinski definition) is 1. The van der Waals surface area contributed by atoms with Crippen molar-refractivity contribution in [3.05, 3.63) is 47.5 Å². The van der Waals surface area contributed by atoms with E-state index in [0.717, 1.165) is 29.7 Å². The number of rotatable bonds is 4. The van der Waals surface area contributed by atoms with Gasteiger partial charge in [-0.25, -0.2) is 0 Å². The Kier molecular flexibility index (Phi) is 4.10. The number of ether oxygens (including phenoxy) is 1. The highest BCUT2D eigenvalue weighted by molar-refractivity contribution is 5.75. The monoisotopic (exact) mass is 256 g/mol. The van der Waals surface area contributed by atoms with Crippen LogP contribution in [0.3, 0.4) is 0 Å². The molecule has 2 rings (SSSR count). The first kappa shape index (κ1) is 13.5. The molecule has 0 spiro atoms. The van der Waals surface area contributed by atoms with Crippen molar-refractivity contribution >= 4 is 0 Å². The maximum Gasteiger partial charge on any atom is 0.123 e. The Labute approximate surface area is 114 Å². The van der Waals surface area contributed by atoms with Gasteiger partial charge < -0.3 is 9.84 Å². The molecule has 0 aromatic heterocycles. The molecular weight excluding hydrogens is 236 g/mol. The quantitative estimate of drug-likeness (QED) is 0.888. The number of aryl methyl sites for hydroxylation is 2. The van der Waals surface area contributed by atoms with Crippen molar-refractivity contribution in [1.82, 2.24) is 0 Å². The zero-order chi connectivity index (χ0) is 13.8. The summed E-state index contributed by atoms with van der Waals surface area (Å²) in [6.45, 7) is 4.23. The first-order chi connectivity index (χ1) is 9.19. The van der Waals surface area contributed by atoms with Crippen LogP contribution < -0.4 is 4.74 Å². The molecule has 0 unspecified atom stereocenters. The third-order valence-electron chi connectivity index (χ3n) is 3.46. The van der Waals surface area contributed by atoms with E-state index in [4.69, 9.17) is 4.74 Å². The maximum absolute atomic E-state index is 10.1. The Bertz CT molecular complexity index is 573. The molecule has 0 aliphatic heterocycles. The van der Waals surface area contributed by atoms with Crippen LogP contribution in [0, 0.1) is 0 Å². The van der Waals surface area contributed by atoms with Crippen molar-refractivity contribution in [2.24, 2.45) is 0 Å². The molecule has 2 nitrogen and oxygen atoms in total. The van der Waals surface area contributed by atoms with Gasteiger partial charge in [-0.1, -0.05) is 26.0 Å². The van der Waals surface area contributed by atoms with Crippen molar-refractivity contribution in [1.29, 1.82) is 0 Å². The van der Waals surface area contributed by atoms with Crippen LogP contribution in [-0.2, 0) is 12.8 Å². The van der Waals surface area contributed by atoms with Gasteiger partial charge in [0.1, 0.15) is 11.5 Å². The van der Waals surface area contributed by atoms with Gasteiger partial charge in [-0.15, -0.1) is 0 Å². The second kappa shape index (κ2) is 5.79. The van der Waals surface area contributed by atoms with Crippen molar-refractivity contribution in [3.63, 3.8) is 0 Å². The van der Waals surface area contributed by atoms with Gasteiger partial charge in [0.25, 0.3) is 0 Å². The minimum Gasteiger partial charge on any atom is -0.507 e. The Balaban J connectivity index is 2.62. The number of hydrogen-bond acceptors (Lipinski definition) is 2. The van der Waals surface area contributed by atoms with E-state index in [1.165, 1.54) is 11.1 Å². The van der Waals surface area contributed by atoms with Gasteiger partial charge in [-0.3, -0.25) is 0 Å². The van der Waals surface area contributed by atoms with Gasteiger partial charge in [-0.2, -0.15) is 0 Å². The minimum absolute atomic E-state index is 0.320. The van der Waals surface area contributed by atoms with E-state index in [0.29, 0.717) is 5.75 Å². The van der Waals surface area contributed by atoms with E-state index in [-0.39, 0.29) is 0 Å². The molecule has 19 heavy (non-hydrogen) atoms. The summed E-state index contributed by atoms with van der Waals surface area (Å²) in [5.41, 5.74) is 4.37. The van der Waals surface area contributed by atoms with Crippen LogP contribution in [0.5, 0.6) is 11.5 Å². The lowest BCUT2D eigenvalue weighted by molar-refractivity contribution is 0.415. The Morgan fingerprint density at radius 3 is 2.37 bits per heavy atom. The number of benzene rings is 2. The topological polar surface area (TPSA) is 29.5 Å². The Morgan fingerprint density at radius 2 is 1.74 bits per heavy atom. The largest absolute Gasteiger partial charge is 0.507 e. The number of aromatic hydroxyl groups is 1. The lowest BCUT2D eigenvalue weighted by atomic mass is 9.95. The SMILES string of the molecule is CCc1ccc(O)c(-c2cc(OC)ccc2CC)c1. The molecule has 0 aliphatic rings. The van der Waals surface area contributed by atoms with E-state index >= 15 is 0 Å². The predicted molar refractivity (Wildman–Crippen MR) is 78.9 cm³/mol. The van der Waals surface area contributed by atoms with E-state index in [9.17, 15) is 5.11 Å². The summed E-state index contributed by atoms with van der Waals surface area (Å²) < 4.78 is 5.29. The zero-order valence-corrected chi connectivity index (χ0v) is 11.7. The Morgan fingerprint density at radius 1 is 0.947 bits per heavy atom. The normalized spacial score (nSPS) is 10.5. The van der Waals surface area contributed by atoms with E-state index < -0.39 is 0 Å². The number of methoxy groups -OCH3 is 1. The molecule has 2 aromatic rings. The predicted octanol–water partition coefficient (Wildman–Crippen LogP) is 4.19. The first-order valence-electron chi connectivity index (χ1n) is 6.68. The third kappa shape index (κ3) is 2.73. The van der Waals surface area contributed by atoms with Gasteiger partial charge in [0.2, 0.25) is 0 Å². The zero-order valence-electron chi connectivity index (χ0n) is 11.7. The summed E-state index contributed by atoms with van der Waals surface area (Å²) in [5, 5.41) is 10.1. The summed E-state index contributed by atoms with van der Waals surface area (Å²) in [6, 6.07) is 11.8. The van der Waals surface area contributed by atoms with E-state index in [2.05, 4.69) is 26.0 Å². The van der Waals surface area contributed by atoms with Gasteiger partial charge in [0, 0.05) is 5.56 Å². The molecule has 0 aliphatic carbocycles. The van der Waals surface area contributed by atoms with Gasteiger partial charge in [0.05, 0.1) is 7.11 Å². The molecule has 2 heteroatoms. The van der Waals surface area contributed by atoms with Crippen LogP contribution in [0.2, 0.25) is 0 Å². The molecule has 0 heterocycles. The average Bonchev–Trinajstić information content (AvgIpc) is 2.47. The fourth-order valence-electron chi connectivity index (χ4n) is 2.26. The van der Waals surface area contributed by atoms with Crippen molar-refractivity contribution in [2.75, 3.05) is 7.11 Å². The van der Waals surface area contributed by atoms with E-state index in [1.807, 2.05) is 18.2 Å². The lowest BCUT2D eigenvalue weighted by Crippen LogP contribution is -1.92. The highest BCUT2D eigenvalue weighted by atomic mass is 16.5. The van der Waals surface area contributed by atoms with Gasteiger partial charge in [0.15, 0.2) is 0 Å². The van der Waals surface area contributed by atoms with Gasteiger partial charge in [-0.05, 0) is 53.8 Å². The third-order valence-corrected chi connectivity index (χ3v) is 3.46. The van der Waals surface area contributed by atoms with E-state index in [1.54, 1.807) is 13.2 Å². The van der Waals surface area contributed by atoms with Crippen LogP contribution in [0.1, 0.15) is 25.0 Å². The van der Waals surface area contributed by atoms with Crippen molar-refractivity contribution in [2.45, 2.75) is 26.7 Å². The average molecular weight is 256 g/mol. The lowest BCUT2D eigenvalue weighted by Gasteiger charge is -2.13. The molecule has 0 radical (unpaired) electrons. The fourth-order valence-corrected chi connectivity index (χ4v) is 2.26. The molecule has 1 N–H and O–H groups in total. The summed E-state index contributed by atoms with van der Waals surface area (Å²) in [4.78, 5) is 0. The summed E-state index contributed by atoms with van der Waals surface area (Å²) in [6.07, 6.45) is 1.88. The van der Waals surface area contributed by atoms with Gasteiger partial charge >= 0.3 is 0 Å². The second-order valence-electron chi connectivity index (χ2n) is 4.58. The summed E-state index contributed by atoms with van der Waals surface area (Å²) >= 11 is 0. The molecule has 0 saturated heterocycles. The highest BCUT2D eigenvalue weighted by Gasteiger charge is 2.10. The maximum atomic E-state index is 10.1. The van der Waals surface area contributed by atoms with Crippen LogP contribution in [0.15, 0.2) is 36.4 Å². The highest BCUT2D eigenvalue weighted by Crippen LogP contribution is 2.35. The smallest absolute Gasteiger partial charge is 0.123 e. The van der Waals surface area contributed by atoms with Crippen LogP contribution >= 0.6 is 0 Å². The molecule has 2 aromatic carbocycles. The second-order valence-corrected chi connectivity index (χ2v) is 4.58. The molecule has 0 saturated carbocycles. The van der Waals surface area contributed by atoms with Crippen LogP contribution in [0.25, 0.3) is 11.1 Å². The first-order valence-corrected chi connectivity index (χ1v) is 6.68. The molecule has 0 fully saturated rings.